The van der Waals surface area contributed by atoms with Gasteiger partial charge in [0.2, 0.25) is 16.0 Å². The maximum absolute atomic E-state index is 14.7. The molecular formula is C18H24FN3O5S. The Bertz CT molecular complexity index is 912. The van der Waals surface area contributed by atoms with E-state index in [1.807, 2.05) is 0 Å². The number of benzene rings is 1. The van der Waals surface area contributed by atoms with Gasteiger partial charge in [0, 0.05) is 19.2 Å². The fraction of sp³-hybridized carbons (Fsp3) is 0.556. The summed E-state index contributed by atoms with van der Waals surface area (Å²) in [6.07, 6.45) is -0.698. The number of carbonyl (C=O) groups excluding carboxylic acids is 1. The third-order valence-corrected chi connectivity index (χ3v) is 6.96. The minimum Gasteiger partial charge on any atom is -0.444 e. The van der Waals surface area contributed by atoms with Crippen molar-refractivity contribution in [2.24, 2.45) is 4.99 Å². The number of halogens is 1. The molecule has 2 unspecified atom stereocenters. The smallest absolute Gasteiger partial charge is 0.414 e. The second-order valence-corrected chi connectivity index (χ2v) is 9.96. The highest BCUT2D eigenvalue weighted by Gasteiger charge is 2.56. The molecule has 28 heavy (non-hydrogen) atoms. The van der Waals surface area contributed by atoms with Crippen molar-refractivity contribution >= 4 is 22.1 Å². The Kier molecular flexibility index (Phi) is 5.13. The number of hydrogen-bond acceptors (Lipinski definition) is 6. The van der Waals surface area contributed by atoms with Gasteiger partial charge in [-0.05, 0) is 33.3 Å². The molecule has 0 aliphatic carbocycles. The molecule has 1 amide bonds. The lowest BCUT2D eigenvalue weighted by molar-refractivity contribution is 0.0352. The van der Waals surface area contributed by atoms with Crippen LogP contribution >= 0.6 is 0 Å². The molecule has 2 aliphatic rings. The van der Waals surface area contributed by atoms with Gasteiger partial charge >= 0.3 is 6.09 Å². The maximum Gasteiger partial charge on any atom is 0.414 e. The van der Waals surface area contributed by atoms with Gasteiger partial charge in [0.15, 0.2) is 0 Å². The minimum absolute atomic E-state index is 0.111. The van der Waals surface area contributed by atoms with Crippen LogP contribution in [-0.4, -0.2) is 55.9 Å². The summed E-state index contributed by atoms with van der Waals surface area (Å²) in [6.45, 7) is 5.15. The summed E-state index contributed by atoms with van der Waals surface area (Å²) < 4.78 is 52.7. The molecule has 0 saturated carbocycles. The molecule has 1 fully saturated rings. The van der Waals surface area contributed by atoms with Crippen LogP contribution in [0.1, 0.15) is 32.8 Å². The molecule has 0 bridgehead atoms. The van der Waals surface area contributed by atoms with Crippen LogP contribution in [0.4, 0.5) is 9.18 Å². The quantitative estimate of drug-likeness (QED) is 0.759. The number of alkyl carbamates (subject to hydrolysis) is 1. The van der Waals surface area contributed by atoms with Crippen molar-refractivity contribution < 1.29 is 27.1 Å². The molecule has 0 spiro atoms. The van der Waals surface area contributed by atoms with Gasteiger partial charge in [-0.1, -0.05) is 18.2 Å². The molecule has 1 N–H and O–H groups in total. The summed E-state index contributed by atoms with van der Waals surface area (Å²) in [5, 5.41) is 1.37. The topological polar surface area (TPSA) is 97.3 Å². The molecule has 1 saturated heterocycles. The number of nitrogens with one attached hydrogen (secondary N) is 1. The Balaban J connectivity index is 2.12. The van der Waals surface area contributed by atoms with Crippen molar-refractivity contribution in [1.29, 1.82) is 0 Å². The summed E-state index contributed by atoms with van der Waals surface area (Å²) in [7, 11) is -2.64. The van der Waals surface area contributed by atoms with Crippen LogP contribution in [0.15, 0.2) is 29.3 Å². The van der Waals surface area contributed by atoms with Gasteiger partial charge in [-0.3, -0.25) is 5.32 Å². The number of guanidine groups is 1. The van der Waals surface area contributed by atoms with E-state index >= 15 is 0 Å². The van der Waals surface area contributed by atoms with Crippen molar-refractivity contribution in [1.82, 2.24) is 9.62 Å². The zero-order valence-electron chi connectivity index (χ0n) is 16.2. The van der Waals surface area contributed by atoms with Crippen molar-refractivity contribution in [3.05, 3.63) is 35.6 Å². The van der Waals surface area contributed by atoms with E-state index in [4.69, 9.17) is 9.47 Å². The maximum atomic E-state index is 14.7. The highest BCUT2D eigenvalue weighted by molar-refractivity contribution is 7.90. The van der Waals surface area contributed by atoms with Crippen LogP contribution in [0, 0.1) is 5.82 Å². The lowest BCUT2D eigenvalue weighted by atomic mass is 9.84. The van der Waals surface area contributed by atoms with E-state index < -0.39 is 38.3 Å². The fourth-order valence-corrected chi connectivity index (χ4v) is 5.29. The number of aliphatic imine (C=N–C) groups is 1. The van der Waals surface area contributed by atoms with Crippen molar-refractivity contribution in [2.45, 2.75) is 43.6 Å². The summed E-state index contributed by atoms with van der Waals surface area (Å²) >= 11 is 0. The van der Waals surface area contributed by atoms with Crippen LogP contribution in [0.25, 0.3) is 0 Å². The van der Waals surface area contributed by atoms with E-state index in [0.717, 1.165) is 4.31 Å². The molecule has 8 nitrogen and oxygen atoms in total. The number of sulfonamides is 1. The predicted octanol–water partition coefficient (Wildman–Crippen LogP) is 1.97. The van der Waals surface area contributed by atoms with Gasteiger partial charge in [0.05, 0.1) is 6.61 Å². The van der Waals surface area contributed by atoms with Gasteiger partial charge in [0.1, 0.15) is 22.2 Å². The molecule has 0 aromatic heterocycles. The van der Waals surface area contributed by atoms with E-state index in [2.05, 4.69) is 10.3 Å². The lowest BCUT2D eigenvalue weighted by Gasteiger charge is -2.46. The normalized spacial score (nSPS) is 26.8. The van der Waals surface area contributed by atoms with Gasteiger partial charge in [-0.2, -0.15) is 0 Å². The SMILES string of the molecule is CN1C(NC(=O)OC(C)(C)C)=NC2(c3ccccc3F)COCCC2S1(=O)=O. The number of amides is 1. The molecule has 1 aromatic carbocycles. The summed E-state index contributed by atoms with van der Waals surface area (Å²) in [5.41, 5.74) is -2.17. The number of ether oxygens (including phenoxy) is 2. The van der Waals surface area contributed by atoms with Crippen LogP contribution in [0.3, 0.4) is 0 Å². The Morgan fingerprint density at radius 2 is 2.07 bits per heavy atom. The first kappa shape index (κ1) is 20.5. The molecule has 0 radical (unpaired) electrons. The first-order valence-electron chi connectivity index (χ1n) is 8.88. The largest absolute Gasteiger partial charge is 0.444 e. The average Bonchev–Trinajstić information content (AvgIpc) is 2.58. The lowest BCUT2D eigenvalue weighted by Crippen LogP contribution is -2.62. The molecule has 3 rings (SSSR count). The second-order valence-electron chi connectivity index (χ2n) is 7.81. The predicted molar refractivity (Wildman–Crippen MR) is 101 cm³/mol. The van der Waals surface area contributed by atoms with Crippen LogP contribution in [-0.2, 0) is 25.0 Å². The van der Waals surface area contributed by atoms with E-state index in [0.29, 0.717) is 0 Å². The van der Waals surface area contributed by atoms with Crippen LogP contribution in [0.5, 0.6) is 0 Å². The summed E-state index contributed by atoms with van der Waals surface area (Å²) in [5.74, 6) is -0.822. The first-order chi connectivity index (χ1) is 13.0. The van der Waals surface area contributed by atoms with E-state index in [1.165, 1.54) is 25.2 Å². The van der Waals surface area contributed by atoms with Gasteiger partial charge in [0.25, 0.3) is 0 Å². The highest BCUT2D eigenvalue weighted by Crippen LogP contribution is 2.43. The fourth-order valence-electron chi connectivity index (χ4n) is 3.45. The van der Waals surface area contributed by atoms with Gasteiger partial charge in [-0.15, -0.1) is 0 Å². The van der Waals surface area contributed by atoms with Crippen LogP contribution in [0.2, 0.25) is 0 Å². The monoisotopic (exact) mass is 413 g/mol. The molecule has 1 aromatic rings. The van der Waals surface area contributed by atoms with E-state index in [-0.39, 0.29) is 31.2 Å². The average molecular weight is 413 g/mol. The zero-order chi connectivity index (χ0) is 20.7. The Labute approximate surface area is 163 Å². The van der Waals surface area contributed by atoms with Gasteiger partial charge < -0.3 is 9.47 Å². The second kappa shape index (κ2) is 7.00. The third kappa shape index (κ3) is 3.58. The number of rotatable bonds is 1. The summed E-state index contributed by atoms with van der Waals surface area (Å²) in [4.78, 5) is 16.7. The molecule has 154 valence electrons. The number of hydrogen-bond donors (Lipinski definition) is 1. The number of carbonyl (C=O) groups is 1. The Hall–Kier alpha value is -2.20. The minimum atomic E-state index is -3.94. The van der Waals surface area contributed by atoms with E-state index in [9.17, 15) is 17.6 Å². The standard InChI is InChI=1S/C18H24FN3O5S/c1-17(2,3)27-16(23)20-15-21-18(12-7-5-6-8-13(12)19)11-26-10-9-14(18)28(24,25)22(15)4/h5-8,14H,9-11H2,1-4H3,(H,20,21,23). The van der Waals surface area contributed by atoms with Crippen LogP contribution < -0.4 is 5.32 Å². The number of fused-ring (bicyclic) bond motifs is 1. The van der Waals surface area contributed by atoms with E-state index in [1.54, 1.807) is 26.8 Å². The third-order valence-electron chi connectivity index (χ3n) is 4.68. The van der Waals surface area contributed by atoms with Crippen molar-refractivity contribution in [3.63, 3.8) is 0 Å². The highest BCUT2D eigenvalue weighted by atomic mass is 32.2. The number of nitrogens with zero attached hydrogens (tertiary/aromatic N) is 2. The first-order valence-corrected chi connectivity index (χ1v) is 10.4. The Morgan fingerprint density at radius 3 is 2.71 bits per heavy atom. The van der Waals surface area contributed by atoms with Gasteiger partial charge in [-0.25, -0.2) is 26.9 Å². The molecule has 2 atom stereocenters. The van der Waals surface area contributed by atoms with Crippen molar-refractivity contribution in [3.8, 4) is 0 Å². The molecule has 10 heteroatoms. The molecular weight excluding hydrogens is 389 g/mol. The molecule has 2 heterocycles. The zero-order valence-corrected chi connectivity index (χ0v) is 17.0. The van der Waals surface area contributed by atoms with Crippen molar-refractivity contribution in [2.75, 3.05) is 20.3 Å². The molecule has 2 aliphatic heterocycles. The Morgan fingerprint density at radius 1 is 1.39 bits per heavy atom. The summed E-state index contributed by atoms with van der Waals surface area (Å²) in [6, 6.07) is 5.87.